The number of carboxylic acid groups (broad SMARTS) is 1. The maximum absolute atomic E-state index is 12.1. The van der Waals surface area contributed by atoms with Crippen LogP contribution >= 0.6 is 11.8 Å². The van der Waals surface area contributed by atoms with E-state index in [0.717, 1.165) is 16.5 Å². The molecule has 0 fully saturated rings. The number of amides is 1. The molecule has 3 aromatic rings. The minimum Gasteiger partial charge on any atom is -0.478 e. The zero-order chi connectivity index (χ0) is 19.9. The van der Waals surface area contributed by atoms with Crippen LogP contribution in [0.25, 0.3) is 0 Å². The number of carboxylic acids is 1. The largest absolute Gasteiger partial charge is 0.478 e. The number of aromatic nitrogens is 3. The van der Waals surface area contributed by atoms with Gasteiger partial charge in [0.15, 0.2) is 5.16 Å². The molecule has 0 atom stereocenters. The number of hydrogen-bond acceptors (Lipinski definition) is 6. The Kier molecular flexibility index (Phi) is 6.18. The lowest BCUT2D eigenvalue weighted by Crippen LogP contribution is -2.17. The predicted octanol–water partition coefficient (Wildman–Crippen LogP) is 2.57. The molecule has 142 valence electrons. The lowest BCUT2D eigenvalue weighted by molar-refractivity contribution is 0.0696. The van der Waals surface area contributed by atoms with Crippen LogP contribution in [-0.2, 0) is 12.8 Å². The number of carbonyl (C=O) groups is 2. The van der Waals surface area contributed by atoms with E-state index in [1.54, 1.807) is 42.4 Å². The monoisotopic (exact) mass is 395 g/mol. The smallest absolute Gasteiger partial charge is 0.335 e. The van der Waals surface area contributed by atoms with Gasteiger partial charge in [0.05, 0.1) is 11.8 Å². The Morgan fingerprint density at radius 3 is 2.43 bits per heavy atom. The van der Waals surface area contributed by atoms with Gasteiger partial charge in [-0.15, -0.1) is 10.2 Å². The molecule has 0 aliphatic heterocycles. The van der Waals surface area contributed by atoms with Crippen molar-refractivity contribution in [2.45, 2.75) is 10.9 Å². The fourth-order valence-electron chi connectivity index (χ4n) is 2.25. The van der Waals surface area contributed by atoms with Gasteiger partial charge in [-0.25, -0.2) is 10.2 Å². The van der Waals surface area contributed by atoms with E-state index in [0.29, 0.717) is 11.1 Å². The molecule has 0 bridgehead atoms. The van der Waals surface area contributed by atoms with Crippen LogP contribution < -0.4 is 5.43 Å². The Balaban J connectivity index is 1.52. The Labute approximate surface area is 165 Å². The summed E-state index contributed by atoms with van der Waals surface area (Å²) in [6.45, 7) is 0. The van der Waals surface area contributed by atoms with Crippen molar-refractivity contribution >= 4 is 29.9 Å². The van der Waals surface area contributed by atoms with Gasteiger partial charge in [-0.1, -0.05) is 36.0 Å². The Morgan fingerprint density at radius 1 is 1.14 bits per heavy atom. The maximum atomic E-state index is 12.1. The summed E-state index contributed by atoms with van der Waals surface area (Å²) in [5, 5.41) is 21.4. The number of carbonyl (C=O) groups excluding carboxylic acids is 1. The van der Waals surface area contributed by atoms with E-state index in [9.17, 15) is 9.59 Å². The van der Waals surface area contributed by atoms with Crippen LogP contribution in [0.5, 0.6) is 0 Å². The number of hydrogen-bond donors (Lipinski definition) is 2. The van der Waals surface area contributed by atoms with Crippen LogP contribution in [0.2, 0.25) is 0 Å². The predicted molar refractivity (Wildman–Crippen MR) is 105 cm³/mol. The SMILES string of the molecule is Cn1cnnc1SCc1ccc(C(=O)N/N=C/c2ccc(C(=O)O)cc2)cc1. The van der Waals surface area contributed by atoms with Crippen molar-refractivity contribution < 1.29 is 14.7 Å². The standard InChI is InChI=1S/C19H17N5O3S/c1-24-12-21-23-19(24)28-11-14-4-6-15(7-5-14)17(25)22-20-10-13-2-8-16(9-3-13)18(26)27/h2-10,12H,11H2,1H3,(H,22,25)(H,26,27)/b20-10+. The van der Waals surface area contributed by atoms with Crippen molar-refractivity contribution in [3.8, 4) is 0 Å². The summed E-state index contributed by atoms with van der Waals surface area (Å²) in [7, 11) is 1.89. The van der Waals surface area contributed by atoms with Crippen molar-refractivity contribution in [2.24, 2.45) is 12.1 Å². The Hall–Kier alpha value is -3.46. The highest BCUT2D eigenvalue weighted by Gasteiger charge is 2.06. The highest BCUT2D eigenvalue weighted by atomic mass is 32.2. The number of nitrogens with zero attached hydrogens (tertiary/aromatic N) is 4. The molecule has 0 unspecified atom stereocenters. The Bertz CT molecular complexity index is 997. The number of nitrogens with one attached hydrogen (secondary N) is 1. The summed E-state index contributed by atoms with van der Waals surface area (Å²) < 4.78 is 1.85. The molecule has 1 aromatic heterocycles. The number of aryl methyl sites for hydroxylation is 1. The van der Waals surface area contributed by atoms with Gasteiger partial charge in [-0.3, -0.25) is 4.79 Å². The van der Waals surface area contributed by atoms with Crippen LogP contribution in [0, 0.1) is 0 Å². The van der Waals surface area contributed by atoms with E-state index in [2.05, 4.69) is 20.7 Å². The zero-order valence-corrected chi connectivity index (χ0v) is 15.8. The third kappa shape index (κ3) is 5.04. The normalized spacial score (nSPS) is 10.9. The molecule has 3 rings (SSSR count). The topological polar surface area (TPSA) is 109 Å². The van der Waals surface area contributed by atoms with Crippen LogP contribution in [-0.4, -0.2) is 38.0 Å². The highest BCUT2D eigenvalue weighted by molar-refractivity contribution is 7.98. The van der Waals surface area contributed by atoms with Crippen molar-refractivity contribution in [2.75, 3.05) is 0 Å². The number of aromatic carboxylic acids is 1. The summed E-state index contributed by atoms with van der Waals surface area (Å²) in [5.41, 5.74) is 4.88. The number of rotatable bonds is 7. The summed E-state index contributed by atoms with van der Waals surface area (Å²) >= 11 is 1.56. The van der Waals surface area contributed by atoms with Crippen LogP contribution in [0.1, 0.15) is 31.8 Å². The summed E-state index contributed by atoms with van der Waals surface area (Å²) in [6.07, 6.45) is 3.10. The van der Waals surface area contributed by atoms with E-state index in [4.69, 9.17) is 5.11 Å². The summed E-state index contributed by atoms with van der Waals surface area (Å²) in [5.74, 6) is -0.597. The molecule has 8 nitrogen and oxygen atoms in total. The molecule has 28 heavy (non-hydrogen) atoms. The van der Waals surface area contributed by atoms with Gasteiger partial charge in [0.25, 0.3) is 5.91 Å². The first-order chi connectivity index (χ1) is 13.5. The van der Waals surface area contributed by atoms with Crippen LogP contribution in [0.4, 0.5) is 0 Å². The van der Waals surface area contributed by atoms with Gasteiger partial charge in [0.2, 0.25) is 0 Å². The van der Waals surface area contributed by atoms with Gasteiger partial charge >= 0.3 is 5.97 Å². The van der Waals surface area contributed by atoms with Crippen molar-refractivity contribution in [3.05, 3.63) is 77.1 Å². The van der Waals surface area contributed by atoms with Crippen LogP contribution in [0.15, 0.2) is 65.1 Å². The van der Waals surface area contributed by atoms with Crippen molar-refractivity contribution in [1.29, 1.82) is 0 Å². The molecule has 9 heteroatoms. The van der Waals surface area contributed by atoms with E-state index < -0.39 is 5.97 Å². The molecule has 1 amide bonds. The molecule has 0 aliphatic carbocycles. The quantitative estimate of drug-likeness (QED) is 0.361. The molecule has 0 spiro atoms. The number of benzene rings is 2. The van der Waals surface area contributed by atoms with Gasteiger partial charge in [-0.2, -0.15) is 5.10 Å². The lowest BCUT2D eigenvalue weighted by atomic mass is 10.1. The molecule has 0 radical (unpaired) electrons. The second-order valence-corrected chi connectivity index (χ2v) is 6.78. The minimum absolute atomic E-state index is 0.193. The first-order valence-corrected chi connectivity index (χ1v) is 9.24. The van der Waals surface area contributed by atoms with Gasteiger partial charge in [-0.05, 0) is 35.4 Å². The van der Waals surface area contributed by atoms with Crippen LogP contribution in [0.3, 0.4) is 0 Å². The lowest BCUT2D eigenvalue weighted by Gasteiger charge is -2.03. The molecular formula is C19H17N5O3S. The summed E-state index contributed by atoms with van der Waals surface area (Å²) in [4.78, 5) is 23.0. The van der Waals surface area contributed by atoms with E-state index in [1.165, 1.54) is 18.3 Å². The molecule has 0 saturated carbocycles. The fraction of sp³-hybridized carbons (Fsp3) is 0.105. The Morgan fingerprint density at radius 2 is 1.82 bits per heavy atom. The zero-order valence-electron chi connectivity index (χ0n) is 14.9. The molecule has 0 saturated heterocycles. The molecule has 1 heterocycles. The second-order valence-electron chi connectivity index (χ2n) is 5.84. The fourth-order valence-corrected chi connectivity index (χ4v) is 3.09. The van der Waals surface area contributed by atoms with Gasteiger partial charge in [0, 0.05) is 18.4 Å². The number of hydrazone groups is 1. The third-order valence-corrected chi connectivity index (χ3v) is 4.90. The minimum atomic E-state index is -0.991. The first kappa shape index (κ1) is 19.3. The molecule has 0 aliphatic rings. The number of thioether (sulfide) groups is 1. The van der Waals surface area contributed by atoms with Gasteiger partial charge < -0.3 is 9.67 Å². The summed E-state index contributed by atoms with van der Waals surface area (Å²) in [6, 6.07) is 13.4. The highest BCUT2D eigenvalue weighted by Crippen LogP contribution is 2.20. The van der Waals surface area contributed by atoms with Crippen molar-refractivity contribution in [3.63, 3.8) is 0 Å². The maximum Gasteiger partial charge on any atom is 0.335 e. The molecule has 2 N–H and O–H groups in total. The third-order valence-electron chi connectivity index (χ3n) is 3.79. The second kappa shape index (κ2) is 8.96. The van der Waals surface area contributed by atoms with Gasteiger partial charge in [0.1, 0.15) is 6.33 Å². The average molecular weight is 395 g/mol. The first-order valence-electron chi connectivity index (χ1n) is 8.25. The van der Waals surface area contributed by atoms with E-state index >= 15 is 0 Å². The molecular weight excluding hydrogens is 378 g/mol. The average Bonchev–Trinajstić information content (AvgIpc) is 3.12. The van der Waals surface area contributed by atoms with Crippen molar-refractivity contribution in [1.82, 2.24) is 20.2 Å². The van der Waals surface area contributed by atoms with E-state index in [1.807, 2.05) is 23.7 Å². The van der Waals surface area contributed by atoms with E-state index in [-0.39, 0.29) is 11.5 Å². The molecule has 2 aromatic carbocycles.